The van der Waals surface area contributed by atoms with Crippen LogP contribution >= 0.6 is 23.8 Å². The standard InChI is InChI=1S/C22H25ClN4S/c1-16-3-10-20(24-13-16)21-15-26(12-11-25(2)14-17-4-5-17)22(28)27(21)19-8-6-18(23)7-9-19/h3,6-10,13,15,17H,4-5,11-12,14H2,1-2H3. The second-order valence-corrected chi connectivity index (χ2v) is 8.53. The van der Waals surface area contributed by atoms with Gasteiger partial charge in [0, 0.05) is 42.7 Å². The van der Waals surface area contributed by atoms with Gasteiger partial charge < -0.3 is 9.47 Å². The summed E-state index contributed by atoms with van der Waals surface area (Å²) in [6.45, 7) is 5.07. The van der Waals surface area contributed by atoms with Gasteiger partial charge in [0.15, 0.2) is 4.77 Å². The van der Waals surface area contributed by atoms with Crippen molar-refractivity contribution in [3.05, 3.63) is 64.1 Å². The number of hydrogen-bond acceptors (Lipinski definition) is 3. The fraction of sp³-hybridized carbons (Fsp3) is 0.364. The summed E-state index contributed by atoms with van der Waals surface area (Å²) in [5, 5.41) is 0.714. The van der Waals surface area contributed by atoms with Crippen molar-refractivity contribution in [3.63, 3.8) is 0 Å². The van der Waals surface area contributed by atoms with Gasteiger partial charge in [-0.25, -0.2) is 0 Å². The average Bonchev–Trinajstić information content (AvgIpc) is 3.43. The Kier molecular flexibility index (Phi) is 5.67. The monoisotopic (exact) mass is 412 g/mol. The van der Waals surface area contributed by atoms with E-state index in [0.29, 0.717) is 5.02 Å². The molecule has 0 atom stereocenters. The van der Waals surface area contributed by atoms with Gasteiger partial charge >= 0.3 is 0 Å². The number of aryl methyl sites for hydroxylation is 1. The average molecular weight is 413 g/mol. The van der Waals surface area contributed by atoms with E-state index in [4.69, 9.17) is 23.8 Å². The molecule has 0 amide bonds. The first-order valence-electron chi connectivity index (χ1n) is 9.71. The zero-order chi connectivity index (χ0) is 19.7. The van der Waals surface area contributed by atoms with Crippen molar-refractivity contribution in [1.82, 2.24) is 19.0 Å². The number of imidazole rings is 1. The summed E-state index contributed by atoms with van der Waals surface area (Å²) >= 11 is 11.9. The Labute approximate surface area is 176 Å². The van der Waals surface area contributed by atoms with Crippen molar-refractivity contribution in [3.8, 4) is 17.1 Å². The van der Waals surface area contributed by atoms with Crippen LogP contribution in [-0.2, 0) is 6.54 Å². The molecule has 0 aliphatic heterocycles. The second kappa shape index (κ2) is 8.19. The summed E-state index contributed by atoms with van der Waals surface area (Å²) in [5.74, 6) is 0.893. The predicted molar refractivity (Wildman–Crippen MR) is 118 cm³/mol. The molecule has 1 saturated carbocycles. The lowest BCUT2D eigenvalue weighted by Gasteiger charge is -2.16. The van der Waals surface area contributed by atoms with E-state index >= 15 is 0 Å². The molecule has 2 heterocycles. The van der Waals surface area contributed by atoms with E-state index in [1.807, 2.05) is 37.4 Å². The van der Waals surface area contributed by atoms with Crippen LogP contribution in [0.3, 0.4) is 0 Å². The Morgan fingerprint density at radius 3 is 2.57 bits per heavy atom. The molecular formula is C22H25ClN4S. The molecule has 0 spiro atoms. The molecular weight excluding hydrogens is 388 g/mol. The number of halogens is 1. The quantitative estimate of drug-likeness (QED) is 0.487. The highest BCUT2D eigenvalue weighted by molar-refractivity contribution is 7.71. The van der Waals surface area contributed by atoms with Gasteiger partial charge in [0.05, 0.1) is 11.4 Å². The van der Waals surface area contributed by atoms with Crippen LogP contribution in [0.4, 0.5) is 0 Å². The van der Waals surface area contributed by atoms with Crippen LogP contribution in [-0.4, -0.2) is 39.2 Å². The molecule has 1 fully saturated rings. The van der Waals surface area contributed by atoms with Gasteiger partial charge in [0.2, 0.25) is 0 Å². The SMILES string of the molecule is Cc1ccc(-c2cn(CCN(C)CC3CC3)c(=S)n2-c2ccc(Cl)cc2)nc1. The van der Waals surface area contributed by atoms with Gasteiger partial charge in [0.25, 0.3) is 0 Å². The van der Waals surface area contributed by atoms with Gasteiger partial charge in [-0.15, -0.1) is 0 Å². The van der Waals surface area contributed by atoms with Crippen molar-refractivity contribution in [2.75, 3.05) is 20.1 Å². The highest BCUT2D eigenvalue weighted by atomic mass is 35.5. The summed E-state index contributed by atoms with van der Waals surface area (Å²) in [6, 6.07) is 11.9. The Bertz CT molecular complexity index is 1000. The van der Waals surface area contributed by atoms with Crippen LogP contribution in [0, 0.1) is 17.6 Å². The van der Waals surface area contributed by atoms with Crippen molar-refractivity contribution < 1.29 is 0 Å². The molecule has 2 aromatic heterocycles. The van der Waals surface area contributed by atoms with Crippen LogP contribution in [0.15, 0.2) is 48.8 Å². The zero-order valence-electron chi connectivity index (χ0n) is 16.3. The van der Waals surface area contributed by atoms with E-state index in [1.165, 1.54) is 19.4 Å². The van der Waals surface area contributed by atoms with Gasteiger partial charge in [0.1, 0.15) is 0 Å². The van der Waals surface area contributed by atoms with Gasteiger partial charge in [-0.3, -0.25) is 9.55 Å². The molecule has 0 bridgehead atoms. The minimum atomic E-state index is 0.714. The smallest absolute Gasteiger partial charge is 0.185 e. The molecule has 3 aromatic rings. The largest absolute Gasteiger partial charge is 0.321 e. The predicted octanol–water partition coefficient (Wildman–Crippen LogP) is 5.37. The molecule has 1 aliphatic carbocycles. The molecule has 4 rings (SSSR count). The topological polar surface area (TPSA) is 26.0 Å². The maximum absolute atomic E-state index is 6.09. The lowest BCUT2D eigenvalue weighted by Crippen LogP contribution is -2.25. The molecule has 0 saturated heterocycles. The molecule has 4 nitrogen and oxygen atoms in total. The number of pyridine rings is 1. The molecule has 1 aliphatic rings. The summed E-state index contributed by atoms with van der Waals surface area (Å²) in [4.78, 5) is 7.04. The van der Waals surface area contributed by atoms with E-state index in [2.05, 4.69) is 44.4 Å². The Morgan fingerprint density at radius 1 is 1.18 bits per heavy atom. The number of hydrogen-bond donors (Lipinski definition) is 0. The number of aromatic nitrogens is 3. The third kappa shape index (κ3) is 4.37. The van der Waals surface area contributed by atoms with Crippen molar-refractivity contribution in [2.24, 2.45) is 5.92 Å². The lowest BCUT2D eigenvalue weighted by molar-refractivity contribution is 0.305. The third-order valence-electron chi connectivity index (χ3n) is 5.20. The van der Waals surface area contributed by atoms with Crippen molar-refractivity contribution in [1.29, 1.82) is 0 Å². The maximum atomic E-state index is 6.09. The normalized spacial score (nSPS) is 14.0. The Hall–Kier alpha value is -1.95. The van der Waals surface area contributed by atoms with E-state index < -0.39 is 0 Å². The van der Waals surface area contributed by atoms with Crippen LogP contribution in [0.1, 0.15) is 18.4 Å². The van der Waals surface area contributed by atoms with Gasteiger partial charge in [-0.1, -0.05) is 17.7 Å². The van der Waals surface area contributed by atoms with E-state index in [9.17, 15) is 0 Å². The second-order valence-electron chi connectivity index (χ2n) is 7.73. The summed E-state index contributed by atoms with van der Waals surface area (Å²) in [5.41, 5.74) is 4.05. The number of nitrogens with zero attached hydrogens (tertiary/aromatic N) is 4. The number of rotatable bonds is 7. The summed E-state index contributed by atoms with van der Waals surface area (Å²) < 4.78 is 5.02. The van der Waals surface area contributed by atoms with E-state index in [-0.39, 0.29) is 0 Å². The third-order valence-corrected chi connectivity index (χ3v) is 5.87. The highest BCUT2D eigenvalue weighted by Crippen LogP contribution is 2.29. The first kappa shape index (κ1) is 19.4. The first-order valence-corrected chi connectivity index (χ1v) is 10.5. The molecule has 0 radical (unpaired) electrons. The molecule has 1 aromatic carbocycles. The minimum absolute atomic E-state index is 0.714. The van der Waals surface area contributed by atoms with Crippen molar-refractivity contribution >= 4 is 23.8 Å². The van der Waals surface area contributed by atoms with E-state index in [1.54, 1.807) is 0 Å². The minimum Gasteiger partial charge on any atom is -0.321 e. The molecule has 0 N–H and O–H groups in total. The molecule has 0 unspecified atom stereocenters. The van der Waals surface area contributed by atoms with Gasteiger partial charge in [-0.05, 0) is 80.8 Å². The molecule has 28 heavy (non-hydrogen) atoms. The first-order chi connectivity index (χ1) is 13.5. The Morgan fingerprint density at radius 2 is 1.93 bits per heavy atom. The highest BCUT2D eigenvalue weighted by Gasteiger charge is 2.22. The fourth-order valence-electron chi connectivity index (χ4n) is 3.40. The maximum Gasteiger partial charge on any atom is 0.185 e. The van der Waals surface area contributed by atoms with Crippen LogP contribution in [0.2, 0.25) is 5.02 Å². The lowest BCUT2D eigenvalue weighted by atomic mass is 10.2. The zero-order valence-corrected chi connectivity index (χ0v) is 17.9. The summed E-state index contributed by atoms with van der Waals surface area (Å²) in [6.07, 6.45) is 6.77. The van der Waals surface area contributed by atoms with Crippen LogP contribution < -0.4 is 0 Å². The van der Waals surface area contributed by atoms with Gasteiger partial charge in [-0.2, -0.15) is 0 Å². The van der Waals surface area contributed by atoms with Crippen LogP contribution in [0.25, 0.3) is 17.1 Å². The molecule has 146 valence electrons. The number of likely N-dealkylation sites (N-methyl/N-ethyl adjacent to an activating group) is 1. The Balaban J connectivity index is 1.69. The number of benzene rings is 1. The summed E-state index contributed by atoms with van der Waals surface area (Å²) in [7, 11) is 2.19. The van der Waals surface area contributed by atoms with Crippen LogP contribution in [0.5, 0.6) is 0 Å². The van der Waals surface area contributed by atoms with Crippen molar-refractivity contribution in [2.45, 2.75) is 26.3 Å². The van der Waals surface area contributed by atoms with E-state index in [0.717, 1.165) is 46.4 Å². The fourth-order valence-corrected chi connectivity index (χ4v) is 3.88. The molecule has 6 heteroatoms.